The normalized spacial score (nSPS) is 14.6. The molecule has 2 aliphatic carbocycles. The quantitative estimate of drug-likeness (QED) is 0.478. The first-order valence-electron chi connectivity index (χ1n) is 11.4. The molecule has 0 aromatic carbocycles. The molecule has 0 aliphatic heterocycles. The molecule has 0 spiro atoms. The molecule has 170 valence electrons. The minimum absolute atomic E-state index is 0.260. The predicted molar refractivity (Wildman–Crippen MR) is 121 cm³/mol. The van der Waals surface area contributed by atoms with E-state index in [1.54, 1.807) is 30.3 Å². The standard InChI is InChI=1S/C24H27N7O2/c1-33-23-8-5-16(13-25-23)14-26-24(32)22-15-31(30-29-22)9-3-2-4-20-11-19-10-18(17-6-7-17)12-21(19)28-27-20/h5,8,10-11,13,15,17H,2-4,6-7,9,12,14H2,1H3,(H,26,32). The third-order valence-electron chi connectivity index (χ3n) is 6.07. The minimum Gasteiger partial charge on any atom is -0.481 e. The van der Waals surface area contributed by atoms with Gasteiger partial charge in [-0.3, -0.25) is 9.48 Å². The number of rotatable bonds is 10. The first-order chi connectivity index (χ1) is 16.2. The van der Waals surface area contributed by atoms with Gasteiger partial charge in [0.15, 0.2) is 5.69 Å². The van der Waals surface area contributed by atoms with Crippen LogP contribution in [0.25, 0.3) is 6.08 Å². The van der Waals surface area contributed by atoms with Crippen molar-refractivity contribution in [3.05, 3.63) is 64.4 Å². The molecule has 1 amide bonds. The molecule has 33 heavy (non-hydrogen) atoms. The fourth-order valence-electron chi connectivity index (χ4n) is 4.02. The van der Waals surface area contributed by atoms with Crippen molar-refractivity contribution in [2.75, 3.05) is 7.11 Å². The van der Waals surface area contributed by atoms with Crippen molar-refractivity contribution in [2.45, 2.75) is 51.6 Å². The molecule has 0 radical (unpaired) electrons. The van der Waals surface area contributed by atoms with Crippen molar-refractivity contribution in [1.82, 2.24) is 35.5 Å². The number of carbonyl (C=O) groups is 1. The lowest BCUT2D eigenvalue weighted by molar-refractivity contribution is 0.0946. The SMILES string of the molecule is COc1ccc(CNC(=O)c2cn(CCCCc3cc4c(nn3)CC(C3CC3)=C4)nn2)cn1. The zero-order valence-electron chi connectivity index (χ0n) is 18.7. The number of unbranched alkanes of at least 4 members (excludes halogenated alkanes) is 1. The summed E-state index contributed by atoms with van der Waals surface area (Å²) in [7, 11) is 1.57. The van der Waals surface area contributed by atoms with Gasteiger partial charge in [0.1, 0.15) is 0 Å². The van der Waals surface area contributed by atoms with Crippen LogP contribution in [0.3, 0.4) is 0 Å². The number of hydrogen-bond acceptors (Lipinski definition) is 7. The van der Waals surface area contributed by atoms with Crippen LogP contribution in [-0.4, -0.2) is 43.2 Å². The maximum absolute atomic E-state index is 12.3. The summed E-state index contributed by atoms with van der Waals surface area (Å²) in [4.78, 5) is 16.5. The van der Waals surface area contributed by atoms with E-state index >= 15 is 0 Å². The summed E-state index contributed by atoms with van der Waals surface area (Å²) in [5, 5.41) is 19.8. The number of amides is 1. The molecule has 0 bridgehead atoms. The molecule has 0 saturated heterocycles. The molecule has 5 rings (SSSR count). The third-order valence-corrected chi connectivity index (χ3v) is 6.07. The monoisotopic (exact) mass is 445 g/mol. The summed E-state index contributed by atoms with van der Waals surface area (Å²) in [6, 6.07) is 5.80. The number of nitrogens with zero attached hydrogens (tertiary/aromatic N) is 6. The molecule has 9 nitrogen and oxygen atoms in total. The number of fused-ring (bicyclic) bond motifs is 1. The second-order valence-corrected chi connectivity index (χ2v) is 8.62. The van der Waals surface area contributed by atoms with E-state index in [9.17, 15) is 4.79 Å². The molecule has 1 saturated carbocycles. The number of allylic oxidation sites excluding steroid dienone is 1. The maximum atomic E-state index is 12.3. The van der Waals surface area contributed by atoms with Crippen LogP contribution < -0.4 is 10.1 Å². The zero-order valence-corrected chi connectivity index (χ0v) is 18.7. The summed E-state index contributed by atoms with van der Waals surface area (Å²) in [6.45, 7) is 1.06. The van der Waals surface area contributed by atoms with E-state index in [1.165, 1.54) is 24.0 Å². The van der Waals surface area contributed by atoms with Gasteiger partial charge in [-0.05, 0) is 55.2 Å². The minimum atomic E-state index is -0.260. The van der Waals surface area contributed by atoms with Crippen molar-refractivity contribution >= 4 is 12.0 Å². The molecule has 0 unspecified atom stereocenters. The molecule has 1 N–H and O–H groups in total. The molecule has 2 aliphatic rings. The van der Waals surface area contributed by atoms with Crippen LogP contribution in [0, 0.1) is 5.92 Å². The van der Waals surface area contributed by atoms with Gasteiger partial charge >= 0.3 is 0 Å². The Balaban J connectivity index is 1.06. The fraction of sp³-hybridized carbons (Fsp3) is 0.417. The number of hydrogen-bond donors (Lipinski definition) is 1. The molecule has 3 aromatic rings. The Morgan fingerprint density at radius 2 is 2.12 bits per heavy atom. The molecule has 9 heteroatoms. The summed E-state index contributed by atoms with van der Waals surface area (Å²) < 4.78 is 6.75. The van der Waals surface area contributed by atoms with E-state index < -0.39 is 0 Å². The van der Waals surface area contributed by atoms with Crippen LogP contribution in [-0.2, 0) is 25.9 Å². The van der Waals surface area contributed by atoms with Gasteiger partial charge < -0.3 is 10.1 Å². The van der Waals surface area contributed by atoms with Crippen molar-refractivity contribution in [3.63, 3.8) is 0 Å². The lowest BCUT2D eigenvalue weighted by Gasteiger charge is -2.04. The van der Waals surface area contributed by atoms with E-state index in [0.717, 1.165) is 48.6 Å². The van der Waals surface area contributed by atoms with Gasteiger partial charge in [-0.1, -0.05) is 22.9 Å². The second-order valence-electron chi connectivity index (χ2n) is 8.62. The number of pyridine rings is 1. The van der Waals surface area contributed by atoms with Crippen LogP contribution in [0.1, 0.15) is 58.7 Å². The highest BCUT2D eigenvalue weighted by Gasteiger charge is 2.29. The zero-order chi connectivity index (χ0) is 22.6. The highest BCUT2D eigenvalue weighted by atomic mass is 16.5. The summed E-state index contributed by atoms with van der Waals surface area (Å²) in [5.41, 5.74) is 6.12. The molecule has 0 atom stereocenters. The van der Waals surface area contributed by atoms with Gasteiger partial charge in [0, 0.05) is 31.8 Å². The van der Waals surface area contributed by atoms with E-state index in [0.29, 0.717) is 24.7 Å². The van der Waals surface area contributed by atoms with Gasteiger partial charge in [0.05, 0.1) is 24.7 Å². The number of carbonyl (C=O) groups excluding carboxylic acids is 1. The van der Waals surface area contributed by atoms with Crippen molar-refractivity contribution in [3.8, 4) is 5.88 Å². The summed E-state index contributed by atoms with van der Waals surface area (Å²) >= 11 is 0. The number of aromatic nitrogens is 6. The van der Waals surface area contributed by atoms with Crippen molar-refractivity contribution < 1.29 is 9.53 Å². The smallest absolute Gasteiger partial charge is 0.273 e. The number of methoxy groups -OCH3 is 1. The largest absolute Gasteiger partial charge is 0.481 e. The van der Waals surface area contributed by atoms with Gasteiger partial charge in [0.25, 0.3) is 5.91 Å². The Kier molecular flexibility index (Phi) is 6.10. The number of aryl methyl sites for hydroxylation is 2. The van der Waals surface area contributed by atoms with Gasteiger partial charge in [-0.2, -0.15) is 10.2 Å². The summed E-state index contributed by atoms with van der Waals surface area (Å²) in [6.07, 6.45) is 12.1. The topological polar surface area (TPSA) is 108 Å². The Bertz CT molecular complexity index is 1170. The van der Waals surface area contributed by atoms with Crippen molar-refractivity contribution in [2.24, 2.45) is 5.92 Å². The van der Waals surface area contributed by atoms with Crippen LogP contribution in [0.5, 0.6) is 5.88 Å². The van der Waals surface area contributed by atoms with Crippen molar-refractivity contribution in [1.29, 1.82) is 0 Å². The molecule has 1 fully saturated rings. The van der Waals surface area contributed by atoms with Crippen LogP contribution in [0.2, 0.25) is 0 Å². The van der Waals surface area contributed by atoms with E-state index in [4.69, 9.17) is 4.74 Å². The van der Waals surface area contributed by atoms with E-state index in [2.05, 4.69) is 43.0 Å². The Morgan fingerprint density at radius 3 is 2.91 bits per heavy atom. The molecular weight excluding hydrogens is 418 g/mol. The van der Waals surface area contributed by atoms with Crippen LogP contribution >= 0.6 is 0 Å². The molecule has 3 aromatic heterocycles. The maximum Gasteiger partial charge on any atom is 0.273 e. The highest BCUT2D eigenvalue weighted by molar-refractivity contribution is 5.91. The van der Waals surface area contributed by atoms with E-state index in [1.807, 2.05) is 6.07 Å². The predicted octanol–water partition coefficient (Wildman–Crippen LogP) is 2.77. The van der Waals surface area contributed by atoms with Crippen LogP contribution in [0.15, 0.2) is 36.2 Å². The summed E-state index contributed by atoms with van der Waals surface area (Å²) in [5.74, 6) is 1.07. The van der Waals surface area contributed by atoms with Crippen LogP contribution in [0.4, 0.5) is 0 Å². The Labute approximate surface area is 192 Å². The first-order valence-corrected chi connectivity index (χ1v) is 11.4. The van der Waals surface area contributed by atoms with Gasteiger partial charge in [-0.15, -0.1) is 5.10 Å². The van der Waals surface area contributed by atoms with Gasteiger partial charge in [-0.25, -0.2) is 4.98 Å². The highest BCUT2D eigenvalue weighted by Crippen LogP contribution is 2.41. The average Bonchev–Trinajstić information content (AvgIpc) is 3.43. The lowest BCUT2D eigenvalue weighted by atomic mass is 10.1. The first kappa shape index (κ1) is 21.2. The van der Waals surface area contributed by atoms with Gasteiger partial charge in [0.2, 0.25) is 5.88 Å². The average molecular weight is 446 g/mol. The molecule has 3 heterocycles. The Hall–Kier alpha value is -3.62. The van der Waals surface area contributed by atoms with E-state index in [-0.39, 0.29) is 5.91 Å². The fourth-order valence-corrected chi connectivity index (χ4v) is 4.02. The number of ether oxygens (including phenoxy) is 1. The second kappa shape index (κ2) is 9.48. The third kappa shape index (κ3) is 5.24. The lowest BCUT2D eigenvalue weighted by Crippen LogP contribution is -2.23. The number of nitrogens with one attached hydrogen (secondary N) is 1. The Morgan fingerprint density at radius 1 is 1.21 bits per heavy atom. The molecular formula is C24H27N7O2.